The molecule has 5 aliphatic heterocycles. The molecule has 0 saturated carbocycles. The third-order valence-electron chi connectivity index (χ3n) is 9.11. The molecule has 4 fully saturated rings. The maximum Gasteiger partial charge on any atom is 0.353 e. The van der Waals surface area contributed by atoms with E-state index in [4.69, 9.17) is 0 Å². The lowest BCUT2D eigenvalue weighted by Gasteiger charge is -2.47. The number of thioether (sulfide) groups is 1. The Kier molecular flexibility index (Phi) is 7.29. The standard InChI is InChI=1S/C25H35N9O5S/c1-12-20-19(13(2)29-18(35)10-33-11-28-30-31-33)24(37)34(20)21(25(38)39)22(12)40-16-5-17(27-8-16)23(36)32-4-3-14-6-26-7-15(14)9-32/h11-17,19-20,26-27H,3-10H2,1-2H3,(H,29,35)(H,38,39)/t12-,13-,14?,15?,16?,17+,19-,20-/m1/s1. The highest BCUT2D eigenvalue weighted by atomic mass is 32.2. The van der Waals surface area contributed by atoms with Crippen LogP contribution in [0.5, 0.6) is 0 Å². The summed E-state index contributed by atoms with van der Waals surface area (Å²) in [6, 6.07) is -1.12. The molecule has 0 bridgehead atoms. The van der Waals surface area contributed by atoms with Crippen molar-refractivity contribution in [3.05, 3.63) is 16.9 Å². The minimum Gasteiger partial charge on any atom is -0.477 e. The van der Waals surface area contributed by atoms with Crippen LogP contribution in [0.4, 0.5) is 0 Å². The van der Waals surface area contributed by atoms with E-state index in [-0.39, 0.29) is 53.2 Å². The highest BCUT2D eigenvalue weighted by molar-refractivity contribution is 8.03. The van der Waals surface area contributed by atoms with E-state index < -0.39 is 17.9 Å². The molecular weight excluding hydrogens is 538 g/mol. The van der Waals surface area contributed by atoms with Crippen LogP contribution in [0, 0.1) is 23.7 Å². The van der Waals surface area contributed by atoms with Gasteiger partial charge in [0.05, 0.1) is 18.0 Å². The minimum absolute atomic E-state index is 0.0205. The predicted octanol–water partition coefficient (Wildman–Crippen LogP) is -1.52. The van der Waals surface area contributed by atoms with E-state index in [0.29, 0.717) is 29.7 Å². The van der Waals surface area contributed by atoms with Gasteiger partial charge in [-0.25, -0.2) is 9.48 Å². The van der Waals surface area contributed by atoms with Gasteiger partial charge in [0.25, 0.3) is 0 Å². The first kappa shape index (κ1) is 27.1. The number of aliphatic carboxylic acids is 1. The number of carbonyl (C=O) groups is 4. The van der Waals surface area contributed by atoms with E-state index >= 15 is 0 Å². The molecule has 0 aromatic carbocycles. The number of β-lactam (4-membered cyclic amide) rings is 1. The Morgan fingerprint density at radius 3 is 2.80 bits per heavy atom. The number of rotatable bonds is 8. The number of carboxylic acid groups (broad SMARTS) is 1. The molecule has 8 atom stereocenters. The zero-order valence-electron chi connectivity index (χ0n) is 22.5. The van der Waals surface area contributed by atoms with Crippen LogP contribution in [0.3, 0.4) is 0 Å². The molecule has 4 N–H and O–H groups in total. The van der Waals surface area contributed by atoms with Gasteiger partial charge in [0.15, 0.2) is 0 Å². The van der Waals surface area contributed by atoms with Crippen LogP contribution in [0.2, 0.25) is 0 Å². The van der Waals surface area contributed by atoms with Crippen molar-refractivity contribution in [2.24, 2.45) is 23.7 Å². The van der Waals surface area contributed by atoms with E-state index in [1.165, 1.54) is 27.7 Å². The van der Waals surface area contributed by atoms with Gasteiger partial charge in [-0.05, 0) is 55.1 Å². The molecule has 0 spiro atoms. The molecule has 40 heavy (non-hydrogen) atoms. The number of fused-ring (bicyclic) bond motifs is 2. The molecule has 3 amide bonds. The van der Waals surface area contributed by atoms with Crippen LogP contribution >= 0.6 is 11.8 Å². The van der Waals surface area contributed by atoms with Gasteiger partial charge >= 0.3 is 5.97 Å². The van der Waals surface area contributed by atoms with Gasteiger partial charge in [-0.15, -0.1) is 16.9 Å². The lowest BCUT2D eigenvalue weighted by molar-refractivity contribution is -0.158. The Labute approximate surface area is 235 Å². The van der Waals surface area contributed by atoms with Crippen molar-refractivity contribution < 1.29 is 24.3 Å². The number of likely N-dealkylation sites (tertiary alicyclic amines) is 1. The highest BCUT2D eigenvalue weighted by Crippen LogP contribution is 2.52. The van der Waals surface area contributed by atoms with Crippen LogP contribution < -0.4 is 16.0 Å². The Hall–Kier alpha value is -3.04. The van der Waals surface area contributed by atoms with Crippen molar-refractivity contribution in [3.63, 3.8) is 0 Å². The Morgan fingerprint density at radius 2 is 2.05 bits per heavy atom. The maximum atomic E-state index is 13.3. The second-order valence-corrected chi connectivity index (χ2v) is 12.9. The summed E-state index contributed by atoms with van der Waals surface area (Å²) in [7, 11) is 0. The topological polar surface area (TPSA) is 175 Å². The zero-order valence-corrected chi connectivity index (χ0v) is 23.3. The van der Waals surface area contributed by atoms with Crippen LogP contribution in [-0.4, -0.2) is 115 Å². The van der Waals surface area contributed by atoms with Gasteiger partial charge < -0.3 is 30.9 Å². The molecule has 3 unspecified atom stereocenters. The molecule has 14 nitrogen and oxygen atoms in total. The fourth-order valence-electron chi connectivity index (χ4n) is 7.10. The molecule has 6 heterocycles. The summed E-state index contributed by atoms with van der Waals surface area (Å²) < 4.78 is 1.29. The molecule has 5 aliphatic rings. The monoisotopic (exact) mass is 573 g/mol. The number of piperidine rings is 1. The van der Waals surface area contributed by atoms with Gasteiger partial charge in [0.2, 0.25) is 17.7 Å². The van der Waals surface area contributed by atoms with Crippen molar-refractivity contribution >= 4 is 35.5 Å². The number of nitrogens with zero attached hydrogens (tertiary/aromatic N) is 6. The molecule has 0 aliphatic carbocycles. The lowest BCUT2D eigenvalue weighted by Crippen LogP contribution is -2.66. The number of hydrogen-bond donors (Lipinski definition) is 4. The summed E-state index contributed by atoms with van der Waals surface area (Å²) in [5.74, 6) is -1.20. The van der Waals surface area contributed by atoms with E-state index in [0.717, 1.165) is 32.6 Å². The van der Waals surface area contributed by atoms with Gasteiger partial charge in [-0.3, -0.25) is 14.4 Å². The normalized spacial score (nSPS) is 34.0. The quantitative estimate of drug-likeness (QED) is 0.266. The second kappa shape index (κ2) is 10.7. The summed E-state index contributed by atoms with van der Waals surface area (Å²) in [6.45, 7) is 7.81. The molecule has 0 radical (unpaired) electrons. The highest BCUT2D eigenvalue weighted by Gasteiger charge is 2.60. The Balaban J connectivity index is 1.08. The summed E-state index contributed by atoms with van der Waals surface area (Å²) >= 11 is 1.47. The van der Waals surface area contributed by atoms with Crippen molar-refractivity contribution in [3.8, 4) is 0 Å². The zero-order chi connectivity index (χ0) is 28.1. The van der Waals surface area contributed by atoms with Gasteiger partial charge in [-0.1, -0.05) is 6.92 Å². The smallest absolute Gasteiger partial charge is 0.353 e. The van der Waals surface area contributed by atoms with E-state index in [1.807, 2.05) is 11.8 Å². The van der Waals surface area contributed by atoms with Crippen molar-refractivity contribution in [1.82, 2.24) is 46.0 Å². The number of amides is 3. The van der Waals surface area contributed by atoms with Gasteiger partial charge in [0, 0.05) is 41.7 Å². The first-order valence-corrected chi connectivity index (χ1v) is 14.8. The van der Waals surface area contributed by atoms with Crippen LogP contribution in [0.15, 0.2) is 16.9 Å². The summed E-state index contributed by atoms with van der Waals surface area (Å²) in [5.41, 5.74) is 0.0292. The minimum atomic E-state index is -1.13. The molecule has 1 aromatic rings. The number of tetrazole rings is 1. The van der Waals surface area contributed by atoms with E-state index in [9.17, 15) is 24.3 Å². The fraction of sp³-hybridized carbons (Fsp3) is 0.720. The summed E-state index contributed by atoms with van der Waals surface area (Å²) in [5, 5.41) is 30.4. The Bertz CT molecular complexity index is 1230. The predicted molar refractivity (Wildman–Crippen MR) is 142 cm³/mol. The molecule has 15 heteroatoms. The first-order chi connectivity index (χ1) is 19.2. The van der Waals surface area contributed by atoms with Crippen LogP contribution in [0.1, 0.15) is 26.7 Å². The molecule has 216 valence electrons. The lowest BCUT2D eigenvalue weighted by atomic mass is 9.78. The van der Waals surface area contributed by atoms with Crippen molar-refractivity contribution in [2.45, 2.75) is 56.6 Å². The average Bonchev–Trinajstić information content (AvgIpc) is 3.71. The number of aromatic nitrogens is 4. The number of nitrogens with one attached hydrogen (secondary N) is 3. The fourth-order valence-corrected chi connectivity index (χ4v) is 8.58. The van der Waals surface area contributed by atoms with Crippen molar-refractivity contribution in [1.29, 1.82) is 0 Å². The van der Waals surface area contributed by atoms with Crippen molar-refractivity contribution in [2.75, 3.05) is 32.7 Å². The first-order valence-electron chi connectivity index (χ1n) is 13.9. The number of carbonyl (C=O) groups excluding carboxylic acids is 3. The molecule has 4 saturated heterocycles. The summed E-state index contributed by atoms with van der Waals surface area (Å²) in [4.78, 5) is 55.3. The second-order valence-electron chi connectivity index (χ2n) is 11.6. The Morgan fingerprint density at radius 1 is 1.25 bits per heavy atom. The van der Waals surface area contributed by atoms with Gasteiger partial charge in [-0.2, -0.15) is 0 Å². The SMILES string of the molecule is C[C@@H](NC(=O)Cn1cnnn1)[C@H]1C(=O)N2C(C(=O)O)=C(SC3CN[C@H](C(=O)N4CCC5CNCC5C4)C3)[C@H](C)[C@H]12. The largest absolute Gasteiger partial charge is 0.477 e. The molecule has 1 aromatic heterocycles. The maximum absolute atomic E-state index is 13.3. The number of carboxylic acids is 1. The summed E-state index contributed by atoms with van der Waals surface area (Å²) in [6.07, 6.45) is 2.97. The van der Waals surface area contributed by atoms with Crippen LogP contribution in [0.25, 0.3) is 0 Å². The molecular formula is C25H35N9O5S. The average molecular weight is 574 g/mol. The molecule has 6 rings (SSSR count). The number of hydrogen-bond acceptors (Lipinski definition) is 10. The third-order valence-corrected chi connectivity index (χ3v) is 10.6. The van der Waals surface area contributed by atoms with E-state index in [1.54, 1.807) is 6.92 Å². The van der Waals surface area contributed by atoms with Gasteiger partial charge in [0.1, 0.15) is 18.6 Å². The van der Waals surface area contributed by atoms with Crippen LogP contribution in [-0.2, 0) is 25.7 Å². The van der Waals surface area contributed by atoms with E-state index in [2.05, 4.69) is 31.5 Å². The third kappa shape index (κ3) is 4.77.